The van der Waals surface area contributed by atoms with E-state index in [1.54, 1.807) is 25.1 Å². The average molecular weight is 329 g/mol. The van der Waals surface area contributed by atoms with Crippen LogP contribution in [0.25, 0.3) is 0 Å². The maximum absolute atomic E-state index is 12.2. The minimum atomic E-state index is -4.55. The van der Waals surface area contributed by atoms with E-state index < -0.39 is 33.8 Å². The number of hydrogen-bond donors (Lipinski definition) is 2. The van der Waals surface area contributed by atoms with Crippen LogP contribution in [-0.4, -0.2) is 41.7 Å². The zero-order valence-electron chi connectivity index (χ0n) is 12.6. The highest BCUT2D eigenvalue weighted by molar-refractivity contribution is 7.86. The number of hydrogen-bond acceptors (Lipinski definition) is 4. The molecule has 1 atom stereocenters. The molecule has 0 spiro atoms. The number of para-hydroxylation sites is 1. The zero-order chi connectivity index (χ0) is 17.1. The van der Waals surface area contributed by atoms with Crippen LogP contribution in [0.1, 0.15) is 25.0 Å². The van der Waals surface area contributed by atoms with E-state index in [1.807, 2.05) is 6.92 Å². The summed E-state index contributed by atoms with van der Waals surface area (Å²) in [5.41, 5.74) is 1.74. The first kappa shape index (κ1) is 18.1. The highest BCUT2D eigenvalue weighted by atomic mass is 32.2. The lowest BCUT2D eigenvalue weighted by atomic mass is 10.0. The third-order valence-electron chi connectivity index (χ3n) is 3.26. The van der Waals surface area contributed by atoms with Crippen molar-refractivity contribution in [3.63, 3.8) is 0 Å². The van der Waals surface area contributed by atoms with Crippen LogP contribution in [0.15, 0.2) is 18.2 Å². The minimum absolute atomic E-state index is 0.369. The van der Waals surface area contributed by atoms with Crippen molar-refractivity contribution < 1.29 is 27.7 Å². The molecule has 0 saturated carbocycles. The molecule has 1 amide bonds. The van der Waals surface area contributed by atoms with Crippen LogP contribution in [0.5, 0.6) is 0 Å². The highest BCUT2D eigenvalue weighted by Gasteiger charge is 2.31. The number of benzene rings is 1. The van der Waals surface area contributed by atoms with E-state index in [-0.39, 0.29) is 0 Å². The van der Waals surface area contributed by atoms with Gasteiger partial charge < -0.3 is 5.11 Å². The summed E-state index contributed by atoms with van der Waals surface area (Å²) in [6, 6.07) is 3.95. The summed E-state index contributed by atoms with van der Waals surface area (Å²) in [6.07, 6.45) is 0.541. The Morgan fingerprint density at radius 2 is 1.91 bits per heavy atom. The number of rotatable bonds is 6. The molecule has 0 aliphatic carbocycles. The molecular formula is C14H19NO6S. The van der Waals surface area contributed by atoms with Crippen molar-refractivity contribution in [2.45, 2.75) is 33.2 Å². The topological polar surface area (TPSA) is 112 Å². The van der Waals surface area contributed by atoms with Crippen molar-refractivity contribution in [2.75, 3.05) is 10.7 Å². The SMILES string of the molecule is CCc1cccc(C)c1N(C(=O)CS(=O)(=O)O)[C@@H](C)C(=O)O. The Kier molecular flexibility index (Phi) is 5.67. The number of nitrogens with zero attached hydrogens (tertiary/aromatic N) is 1. The van der Waals surface area contributed by atoms with Gasteiger partial charge in [0, 0.05) is 0 Å². The number of aliphatic carboxylic acids is 1. The number of carboxylic acids is 1. The van der Waals surface area contributed by atoms with Crippen molar-refractivity contribution in [1.29, 1.82) is 0 Å². The van der Waals surface area contributed by atoms with Gasteiger partial charge in [0.15, 0.2) is 5.75 Å². The summed E-state index contributed by atoms with van der Waals surface area (Å²) >= 11 is 0. The molecule has 2 N–H and O–H groups in total. The first-order valence-electron chi connectivity index (χ1n) is 6.67. The molecule has 0 fully saturated rings. The van der Waals surface area contributed by atoms with Crippen molar-refractivity contribution >= 4 is 27.7 Å². The largest absolute Gasteiger partial charge is 0.480 e. The van der Waals surface area contributed by atoms with Crippen LogP contribution < -0.4 is 4.90 Å². The quantitative estimate of drug-likeness (QED) is 0.760. The van der Waals surface area contributed by atoms with Gasteiger partial charge in [-0.05, 0) is 31.4 Å². The molecule has 0 aromatic heterocycles. The summed E-state index contributed by atoms with van der Waals surface area (Å²) in [7, 11) is -4.55. The van der Waals surface area contributed by atoms with Crippen LogP contribution in [0.2, 0.25) is 0 Å². The standard InChI is InChI=1S/C14H19NO6S/c1-4-11-7-5-6-9(2)13(11)15(10(3)14(17)18)12(16)8-22(19,20)21/h5-7,10H,4,8H2,1-3H3,(H,17,18)(H,19,20,21)/t10-/m0/s1. The van der Waals surface area contributed by atoms with Gasteiger partial charge in [0.1, 0.15) is 6.04 Å². The van der Waals surface area contributed by atoms with E-state index in [1.165, 1.54) is 6.92 Å². The van der Waals surface area contributed by atoms with Gasteiger partial charge in [0.25, 0.3) is 10.1 Å². The number of carbonyl (C=O) groups is 2. The van der Waals surface area contributed by atoms with Crippen molar-refractivity contribution in [3.05, 3.63) is 29.3 Å². The Hall–Kier alpha value is -1.93. The molecular weight excluding hydrogens is 310 g/mol. The Bertz CT molecular complexity index is 683. The van der Waals surface area contributed by atoms with Crippen molar-refractivity contribution in [1.82, 2.24) is 0 Å². The Morgan fingerprint density at radius 3 is 2.36 bits per heavy atom. The predicted octanol–water partition coefficient (Wildman–Crippen LogP) is 1.25. The second kappa shape index (κ2) is 6.89. The van der Waals surface area contributed by atoms with E-state index in [9.17, 15) is 23.1 Å². The number of carbonyl (C=O) groups excluding carboxylic acids is 1. The molecule has 0 radical (unpaired) electrons. The fourth-order valence-electron chi connectivity index (χ4n) is 2.22. The van der Waals surface area contributed by atoms with Crippen LogP contribution in [0.3, 0.4) is 0 Å². The number of aryl methyl sites for hydroxylation is 2. The molecule has 1 rings (SSSR count). The summed E-state index contributed by atoms with van der Waals surface area (Å²) in [5, 5.41) is 9.21. The number of carboxylic acid groups (broad SMARTS) is 1. The van der Waals surface area contributed by atoms with Gasteiger partial charge in [-0.3, -0.25) is 14.2 Å². The summed E-state index contributed by atoms with van der Waals surface area (Å²) in [5.74, 6) is -3.42. The Balaban J connectivity index is 3.46. The third kappa shape index (κ3) is 4.28. The zero-order valence-corrected chi connectivity index (χ0v) is 13.4. The van der Waals surface area contributed by atoms with E-state index in [0.29, 0.717) is 17.7 Å². The van der Waals surface area contributed by atoms with Gasteiger partial charge >= 0.3 is 5.97 Å². The van der Waals surface area contributed by atoms with E-state index in [4.69, 9.17) is 4.55 Å². The lowest BCUT2D eigenvalue weighted by Crippen LogP contribution is -2.46. The molecule has 0 heterocycles. The van der Waals surface area contributed by atoms with Gasteiger partial charge in [-0.1, -0.05) is 25.1 Å². The smallest absolute Gasteiger partial charge is 0.326 e. The lowest BCUT2D eigenvalue weighted by Gasteiger charge is -2.29. The molecule has 8 heteroatoms. The Morgan fingerprint density at radius 1 is 1.32 bits per heavy atom. The fourth-order valence-corrected chi connectivity index (χ4v) is 2.67. The van der Waals surface area contributed by atoms with Gasteiger partial charge in [0.2, 0.25) is 5.91 Å². The molecule has 7 nitrogen and oxygen atoms in total. The monoisotopic (exact) mass is 329 g/mol. The number of amides is 1. The second-order valence-corrected chi connectivity index (χ2v) is 6.39. The summed E-state index contributed by atoms with van der Waals surface area (Å²) in [4.78, 5) is 24.5. The lowest BCUT2D eigenvalue weighted by molar-refractivity contribution is -0.139. The summed E-state index contributed by atoms with van der Waals surface area (Å²) in [6.45, 7) is 4.84. The Labute approximate surface area is 129 Å². The second-order valence-electron chi connectivity index (χ2n) is 4.94. The molecule has 0 saturated heterocycles. The van der Waals surface area contributed by atoms with Gasteiger partial charge in [-0.25, -0.2) is 4.79 Å². The van der Waals surface area contributed by atoms with Gasteiger partial charge in [0.05, 0.1) is 5.69 Å². The fraction of sp³-hybridized carbons (Fsp3) is 0.429. The molecule has 1 aromatic carbocycles. The molecule has 22 heavy (non-hydrogen) atoms. The third-order valence-corrected chi connectivity index (χ3v) is 3.87. The number of anilines is 1. The minimum Gasteiger partial charge on any atom is -0.480 e. The summed E-state index contributed by atoms with van der Waals surface area (Å²) < 4.78 is 30.8. The molecule has 0 bridgehead atoms. The van der Waals surface area contributed by atoms with Crippen molar-refractivity contribution in [3.8, 4) is 0 Å². The van der Waals surface area contributed by atoms with Gasteiger partial charge in [-0.2, -0.15) is 8.42 Å². The van der Waals surface area contributed by atoms with Crippen LogP contribution in [0.4, 0.5) is 5.69 Å². The predicted molar refractivity (Wildman–Crippen MR) is 81.6 cm³/mol. The van der Waals surface area contributed by atoms with Gasteiger partial charge in [-0.15, -0.1) is 0 Å². The highest BCUT2D eigenvalue weighted by Crippen LogP contribution is 2.28. The normalized spacial score (nSPS) is 12.7. The van der Waals surface area contributed by atoms with E-state index >= 15 is 0 Å². The average Bonchev–Trinajstić information content (AvgIpc) is 2.38. The van der Waals surface area contributed by atoms with E-state index in [0.717, 1.165) is 10.5 Å². The molecule has 122 valence electrons. The van der Waals surface area contributed by atoms with E-state index in [2.05, 4.69) is 0 Å². The van der Waals surface area contributed by atoms with Crippen molar-refractivity contribution in [2.24, 2.45) is 0 Å². The van der Waals surface area contributed by atoms with Crippen LogP contribution in [-0.2, 0) is 26.1 Å². The first-order chi connectivity index (χ1) is 10.1. The maximum Gasteiger partial charge on any atom is 0.326 e. The molecule has 0 aliphatic heterocycles. The van der Waals surface area contributed by atoms with Crippen LogP contribution >= 0.6 is 0 Å². The molecule has 1 aromatic rings. The first-order valence-corrected chi connectivity index (χ1v) is 8.28. The maximum atomic E-state index is 12.2. The molecule has 0 aliphatic rings. The van der Waals surface area contributed by atoms with Crippen LogP contribution in [0, 0.1) is 6.92 Å². The molecule has 0 unspecified atom stereocenters.